The van der Waals surface area contributed by atoms with Gasteiger partial charge in [-0.2, -0.15) is 0 Å². The van der Waals surface area contributed by atoms with Crippen LogP contribution in [0.1, 0.15) is 108 Å². The van der Waals surface area contributed by atoms with Crippen molar-refractivity contribution in [3.8, 4) is 0 Å². The molecule has 190 valence electrons. The van der Waals surface area contributed by atoms with Gasteiger partial charge in [0.1, 0.15) is 0 Å². The Balaban J connectivity index is 1.34. The van der Waals surface area contributed by atoms with E-state index in [0.29, 0.717) is 12.5 Å². The van der Waals surface area contributed by atoms with Gasteiger partial charge in [0.15, 0.2) is 0 Å². The van der Waals surface area contributed by atoms with Crippen LogP contribution in [0, 0.1) is 23.7 Å². The zero-order valence-electron chi connectivity index (χ0n) is 21.8. The predicted molar refractivity (Wildman–Crippen MR) is 141 cm³/mol. The second-order valence-electron chi connectivity index (χ2n) is 11.3. The summed E-state index contributed by atoms with van der Waals surface area (Å²) in [6.07, 6.45) is 17.2. The Bertz CT molecular complexity index is 736. The van der Waals surface area contributed by atoms with Crippen molar-refractivity contribution in [2.45, 2.75) is 103 Å². The second-order valence-corrected chi connectivity index (χ2v) is 11.3. The number of carbonyl (C=O) groups excluding carboxylic acids is 1. The van der Waals surface area contributed by atoms with Crippen molar-refractivity contribution in [1.29, 1.82) is 0 Å². The van der Waals surface area contributed by atoms with Gasteiger partial charge in [-0.3, -0.25) is 0 Å². The van der Waals surface area contributed by atoms with Gasteiger partial charge < -0.3 is 9.84 Å². The molecule has 3 nitrogen and oxygen atoms in total. The highest BCUT2D eigenvalue weighted by molar-refractivity contribution is 5.87. The zero-order chi connectivity index (χ0) is 24.3. The number of aryl methyl sites for hydroxylation is 1. The first-order valence-corrected chi connectivity index (χ1v) is 14.0. The third-order valence-corrected chi connectivity index (χ3v) is 8.56. The Kier molecular flexibility index (Phi) is 11.2. The fraction of sp³-hybridized carbons (Fsp3) is 0.710. The minimum absolute atomic E-state index is 0.141. The number of hydrogen-bond acceptors (Lipinski definition) is 3. The van der Waals surface area contributed by atoms with Crippen LogP contribution in [-0.4, -0.2) is 24.3 Å². The molecule has 0 aliphatic heterocycles. The van der Waals surface area contributed by atoms with E-state index in [0.717, 1.165) is 30.1 Å². The fourth-order valence-corrected chi connectivity index (χ4v) is 6.38. The van der Waals surface area contributed by atoms with Crippen LogP contribution < -0.4 is 0 Å². The summed E-state index contributed by atoms with van der Waals surface area (Å²) >= 11 is 0. The molecule has 2 aliphatic carbocycles. The molecular formula is C31H48O3. The smallest absolute Gasteiger partial charge is 0.335 e. The lowest BCUT2D eigenvalue weighted by molar-refractivity contribution is -0.140. The Labute approximate surface area is 208 Å². The fourth-order valence-electron chi connectivity index (χ4n) is 6.38. The van der Waals surface area contributed by atoms with E-state index >= 15 is 0 Å². The molecule has 2 saturated carbocycles. The molecule has 0 aromatic heterocycles. The van der Waals surface area contributed by atoms with Gasteiger partial charge in [0, 0.05) is 0 Å². The lowest BCUT2D eigenvalue weighted by Crippen LogP contribution is -2.26. The van der Waals surface area contributed by atoms with Gasteiger partial charge in [0.05, 0.1) is 18.8 Å². The van der Waals surface area contributed by atoms with Gasteiger partial charge in [-0.1, -0.05) is 70.4 Å². The average Bonchev–Trinajstić information content (AvgIpc) is 2.88. The first-order chi connectivity index (χ1) is 16.5. The zero-order valence-corrected chi connectivity index (χ0v) is 21.8. The van der Waals surface area contributed by atoms with Crippen molar-refractivity contribution in [2.24, 2.45) is 23.7 Å². The highest BCUT2D eigenvalue weighted by atomic mass is 16.5. The van der Waals surface area contributed by atoms with Crippen LogP contribution in [-0.2, 0) is 16.0 Å². The van der Waals surface area contributed by atoms with Crippen LogP contribution in [0.4, 0.5) is 0 Å². The molecule has 0 spiro atoms. The van der Waals surface area contributed by atoms with E-state index in [1.807, 2.05) is 0 Å². The summed E-state index contributed by atoms with van der Waals surface area (Å²) in [6.45, 7) is 8.07. The minimum Gasteiger partial charge on any atom is -0.462 e. The largest absolute Gasteiger partial charge is 0.462 e. The van der Waals surface area contributed by atoms with Crippen molar-refractivity contribution in [2.75, 3.05) is 13.2 Å². The number of aliphatic hydroxyl groups excluding tert-OH is 1. The van der Waals surface area contributed by atoms with Crippen molar-refractivity contribution in [3.63, 3.8) is 0 Å². The quantitative estimate of drug-likeness (QED) is 0.195. The number of rotatable bonds is 12. The highest BCUT2D eigenvalue weighted by Crippen LogP contribution is 2.44. The lowest BCUT2D eigenvalue weighted by atomic mass is 9.67. The number of carbonyl (C=O) groups is 1. The predicted octanol–water partition coefficient (Wildman–Crippen LogP) is 7.62. The van der Waals surface area contributed by atoms with Crippen LogP contribution in [0.15, 0.2) is 36.4 Å². The summed E-state index contributed by atoms with van der Waals surface area (Å²) in [4.78, 5) is 11.7. The average molecular weight is 469 g/mol. The van der Waals surface area contributed by atoms with E-state index in [-0.39, 0.29) is 12.2 Å². The van der Waals surface area contributed by atoms with Gasteiger partial charge >= 0.3 is 5.97 Å². The van der Waals surface area contributed by atoms with Gasteiger partial charge in [-0.05, 0) is 98.5 Å². The molecule has 1 aromatic carbocycles. The summed E-state index contributed by atoms with van der Waals surface area (Å²) < 4.78 is 5.29. The maximum absolute atomic E-state index is 11.7. The van der Waals surface area contributed by atoms with E-state index in [1.54, 1.807) is 5.56 Å². The monoisotopic (exact) mass is 468 g/mol. The third-order valence-electron chi connectivity index (χ3n) is 8.56. The second kappa shape index (κ2) is 14.1. The van der Waals surface area contributed by atoms with E-state index in [2.05, 4.69) is 44.7 Å². The SMILES string of the molecule is C=C(CO)C(=O)OCC(C)CC1CCC(C2CCC(c3ccc(CCCCC)cc3)CC2)CC1. The van der Waals surface area contributed by atoms with Gasteiger partial charge in [-0.15, -0.1) is 0 Å². The van der Waals surface area contributed by atoms with E-state index in [9.17, 15) is 4.79 Å². The molecule has 2 fully saturated rings. The van der Waals surface area contributed by atoms with E-state index in [4.69, 9.17) is 9.84 Å². The van der Waals surface area contributed by atoms with Crippen LogP contribution >= 0.6 is 0 Å². The number of aliphatic hydroxyl groups is 1. The minimum atomic E-state index is -0.462. The lowest BCUT2D eigenvalue weighted by Gasteiger charge is -2.38. The molecule has 34 heavy (non-hydrogen) atoms. The Morgan fingerprint density at radius 1 is 1.00 bits per heavy atom. The maximum atomic E-state index is 11.7. The van der Waals surface area contributed by atoms with E-state index in [1.165, 1.54) is 82.6 Å². The Hall–Kier alpha value is -1.61. The van der Waals surface area contributed by atoms with E-state index < -0.39 is 5.97 Å². The molecule has 0 amide bonds. The maximum Gasteiger partial charge on any atom is 0.335 e. The Morgan fingerprint density at radius 3 is 2.21 bits per heavy atom. The van der Waals surface area contributed by atoms with Crippen LogP contribution in [0.25, 0.3) is 0 Å². The van der Waals surface area contributed by atoms with Crippen molar-refractivity contribution < 1.29 is 14.6 Å². The molecule has 0 saturated heterocycles. The summed E-state index contributed by atoms with van der Waals surface area (Å²) in [7, 11) is 0. The molecule has 1 aromatic rings. The standard InChI is InChI=1S/C31H48O3/c1-4-5-6-7-25-8-12-27(13-9-25)29-16-18-30(19-17-29)28-14-10-26(11-15-28)20-23(2)22-34-31(33)24(3)21-32/h8-9,12-13,23,26,28-30,32H,3-7,10-11,14-22H2,1-2H3. The molecule has 2 aliphatic rings. The van der Waals surface area contributed by atoms with Gasteiger partial charge in [0.2, 0.25) is 0 Å². The summed E-state index contributed by atoms with van der Waals surface area (Å²) in [5.74, 6) is 3.27. The summed E-state index contributed by atoms with van der Waals surface area (Å²) in [5, 5.41) is 8.98. The van der Waals surface area contributed by atoms with Crippen LogP contribution in [0.5, 0.6) is 0 Å². The van der Waals surface area contributed by atoms with Crippen molar-refractivity contribution in [1.82, 2.24) is 0 Å². The number of hydrogen-bond donors (Lipinski definition) is 1. The van der Waals surface area contributed by atoms with Crippen LogP contribution in [0.2, 0.25) is 0 Å². The first kappa shape index (κ1) is 27.0. The summed E-state index contributed by atoms with van der Waals surface area (Å²) in [6, 6.07) is 9.58. The molecule has 1 N–H and O–H groups in total. The molecule has 3 heteroatoms. The number of esters is 1. The normalized spacial score (nSPS) is 26.1. The van der Waals surface area contributed by atoms with Crippen LogP contribution in [0.3, 0.4) is 0 Å². The molecule has 0 bridgehead atoms. The van der Waals surface area contributed by atoms with Gasteiger partial charge in [0.25, 0.3) is 0 Å². The molecule has 3 rings (SSSR count). The molecule has 0 radical (unpaired) electrons. The van der Waals surface area contributed by atoms with Crippen molar-refractivity contribution >= 4 is 5.97 Å². The number of benzene rings is 1. The van der Waals surface area contributed by atoms with Crippen molar-refractivity contribution in [3.05, 3.63) is 47.5 Å². The Morgan fingerprint density at radius 2 is 1.62 bits per heavy atom. The first-order valence-electron chi connectivity index (χ1n) is 14.0. The topological polar surface area (TPSA) is 46.5 Å². The third kappa shape index (κ3) is 8.26. The molecule has 0 heterocycles. The molecule has 1 atom stereocenters. The molecule has 1 unspecified atom stereocenters. The van der Waals surface area contributed by atoms with Gasteiger partial charge in [-0.25, -0.2) is 4.79 Å². The number of unbranched alkanes of at least 4 members (excludes halogenated alkanes) is 2. The highest BCUT2D eigenvalue weighted by Gasteiger charge is 2.31. The molecular weight excluding hydrogens is 420 g/mol. The number of ether oxygens (including phenoxy) is 1. The summed E-state index contributed by atoms with van der Waals surface area (Å²) in [5.41, 5.74) is 3.21.